The number of carboxylic acids is 1. The lowest BCUT2D eigenvalue weighted by Gasteiger charge is -2.12. The summed E-state index contributed by atoms with van der Waals surface area (Å²) in [5.41, 5.74) is 6.89. The van der Waals surface area contributed by atoms with Crippen LogP contribution in [0, 0.1) is 20.8 Å². The monoisotopic (exact) mass is 337 g/mol. The molecule has 25 heavy (non-hydrogen) atoms. The Morgan fingerprint density at radius 2 is 1.88 bits per heavy atom. The van der Waals surface area contributed by atoms with Crippen LogP contribution in [0.2, 0.25) is 0 Å². The van der Waals surface area contributed by atoms with E-state index in [9.17, 15) is 9.90 Å². The number of benzene rings is 1. The van der Waals surface area contributed by atoms with Gasteiger partial charge in [-0.3, -0.25) is 4.79 Å². The average Bonchev–Trinajstić information content (AvgIpc) is 2.91. The Bertz CT molecular complexity index is 923. The Kier molecular flexibility index (Phi) is 4.49. The van der Waals surface area contributed by atoms with Gasteiger partial charge in [0.15, 0.2) is 5.65 Å². The number of aliphatic carboxylic acids is 1. The maximum Gasteiger partial charge on any atom is 0.312 e. The largest absolute Gasteiger partial charge is 0.481 e. The van der Waals surface area contributed by atoms with E-state index in [1.165, 1.54) is 16.7 Å². The molecule has 0 aliphatic rings. The number of carbonyl (C=O) groups is 1. The fourth-order valence-corrected chi connectivity index (χ4v) is 3.18. The Morgan fingerprint density at radius 1 is 1.20 bits per heavy atom. The highest BCUT2D eigenvalue weighted by Gasteiger charge is 2.21. The summed E-state index contributed by atoms with van der Waals surface area (Å²) >= 11 is 0. The van der Waals surface area contributed by atoms with E-state index in [1.807, 2.05) is 29.7 Å². The van der Waals surface area contributed by atoms with Gasteiger partial charge in [-0.1, -0.05) is 18.2 Å². The summed E-state index contributed by atoms with van der Waals surface area (Å²) in [4.78, 5) is 15.9. The normalized spacial score (nSPS) is 12.3. The van der Waals surface area contributed by atoms with Gasteiger partial charge in [-0.05, 0) is 56.5 Å². The number of nitrogens with one attached hydrogen (secondary N) is 1. The summed E-state index contributed by atoms with van der Waals surface area (Å²) in [6.07, 6.45) is 1.92. The Balaban J connectivity index is 1.97. The zero-order chi connectivity index (χ0) is 18.1. The van der Waals surface area contributed by atoms with Crippen molar-refractivity contribution in [3.05, 3.63) is 64.6 Å². The minimum atomic E-state index is -0.864. The lowest BCUT2D eigenvalue weighted by Crippen LogP contribution is -2.09. The third kappa shape index (κ3) is 3.09. The Labute approximate surface area is 147 Å². The summed E-state index contributed by atoms with van der Waals surface area (Å²) < 4.78 is 1.95. The molecular formula is C20H23N3O2. The number of hydrogen-bond donors (Lipinski definition) is 2. The lowest BCUT2D eigenvalue weighted by atomic mass is 10.0. The molecule has 0 fully saturated rings. The summed E-state index contributed by atoms with van der Waals surface area (Å²) in [5.74, 6) is -1.50. The molecule has 2 aromatic heterocycles. The van der Waals surface area contributed by atoms with Crippen molar-refractivity contribution in [3.8, 4) is 0 Å². The maximum absolute atomic E-state index is 11.3. The van der Waals surface area contributed by atoms with Gasteiger partial charge in [-0.15, -0.1) is 0 Å². The van der Waals surface area contributed by atoms with Crippen molar-refractivity contribution in [1.82, 2.24) is 9.38 Å². The van der Waals surface area contributed by atoms with Crippen molar-refractivity contribution in [3.63, 3.8) is 0 Å². The van der Waals surface area contributed by atoms with Crippen LogP contribution >= 0.6 is 0 Å². The van der Waals surface area contributed by atoms with Crippen LogP contribution in [-0.2, 0) is 11.3 Å². The van der Waals surface area contributed by atoms with Gasteiger partial charge < -0.3 is 14.8 Å². The molecule has 0 amide bonds. The van der Waals surface area contributed by atoms with Crippen LogP contribution in [0.25, 0.3) is 5.65 Å². The van der Waals surface area contributed by atoms with Crippen LogP contribution in [0.5, 0.6) is 0 Å². The fourth-order valence-electron chi connectivity index (χ4n) is 3.18. The van der Waals surface area contributed by atoms with Crippen molar-refractivity contribution in [2.24, 2.45) is 0 Å². The maximum atomic E-state index is 11.3. The predicted octanol–water partition coefficient (Wildman–Crippen LogP) is 4.06. The summed E-state index contributed by atoms with van der Waals surface area (Å²) in [6.45, 7) is 8.49. The molecular weight excluding hydrogens is 314 g/mol. The molecule has 0 radical (unpaired) electrons. The van der Waals surface area contributed by atoms with E-state index in [0.717, 1.165) is 17.0 Å². The van der Waals surface area contributed by atoms with Crippen LogP contribution < -0.4 is 5.32 Å². The number of pyridine rings is 1. The minimum absolute atomic E-state index is 0.605. The number of rotatable bonds is 5. The molecule has 2 N–H and O–H groups in total. The highest BCUT2D eigenvalue weighted by molar-refractivity contribution is 5.77. The topological polar surface area (TPSA) is 66.6 Å². The first-order valence-corrected chi connectivity index (χ1v) is 8.39. The van der Waals surface area contributed by atoms with Crippen molar-refractivity contribution < 1.29 is 9.90 Å². The molecule has 0 bridgehead atoms. The second-order valence-electron chi connectivity index (χ2n) is 6.48. The van der Waals surface area contributed by atoms with E-state index < -0.39 is 11.9 Å². The van der Waals surface area contributed by atoms with Gasteiger partial charge in [0.1, 0.15) is 0 Å². The first-order chi connectivity index (χ1) is 11.9. The number of carboxylic acid groups (broad SMARTS) is 1. The van der Waals surface area contributed by atoms with Crippen LogP contribution in [0.1, 0.15) is 40.9 Å². The Morgan fingerprint density at radius 3 is 2.52 bits per heavy atom. The highest BCUT2D eigenvalue weighted by atomic mass is 16.4. The summed E-state index contributed by atoms with van der Waals surface area (Å²) in [7, 11) is 0. The predicted molar refractivity (Wildman–Crippen MR) is 99.2 cm³/mol. The van der Waals surface area contributed by atoms with E-state index in [-0.39, 0.29) is 0 Å². The molecule has 1 unspecified atom stereocenters. The van der Waals surface area contributed by atoms with E-state index in [1.54, 1.807) is 6.92 Å². The van der Waals surface area contributed by atoms with Crippen molar-refractivity contribution in [1.29, 1.82) is 0 Å². The van der Waals surface area contributed by atoms with Crippen molar-refractivity contribution in [2.75, 3.05) is 5.32 Å². The molecule has 0 saturated carbocycles. The zero-order valence-corrected chi connectivity index (χ0v) is 15.0. The molecule has 0 aliphatic carbocycles. The van der Waals surface area contributed by atoms with E-state index in [4.69, 9.17) is 0 Å². The van der Waals surface area contributed by atoms with Gasteiger partial charge in [0.05, 0.1) is 17.3 Å². The molecule has 130 valence electrons. The molecule has 5 heteroatoms. The van der Waals surface area contributed by atoms with E-state index >= 15 is 0 Å². The second-order valence-corrected chi connectivity index (χ2v) is 6.48. The summed E-state index contributed by atoms with van der Waals surface area (Å²) in [6, 6.07) is 10.2. The number of aryl methyl sites for hydroxylation is 3. The number of nitrogens with zero attached hydrogens (tertiary/aromatic N) is 2. The number of imidazole rings is 1. The smallest absolute Gasteiger partial charge is 0.312 e. The molecule has 5 nitrogen and oxygen atoms in total. The van der Waals surface area contributed by atoms with Gasteiger partial charge in [0.2, 0.25) is 0 Å². The standard InChI is InChI=1S/C20H23N3O2/c1-12-7-5-8-13(2)16(12)11-21-17-9-6-10-23-15(4)18(22-19(17)23)14(3)20(24)25/h5-10,14,21H,11H2,1-4H3,(H,24,25). The number of aromatic nitrogens is 2. The van der Waals surface area contributed by atoms with Crippen LogP contribution in [0.4, 0.5) is 5.69 Å². The average molecular weight is 337 g/mol. The number of fused-ring (bicyclic) bond motifs is 1. The van der Waals surface area contributed by atoms with E-state index in [2.05, 4.69) is 42.3 Å². The number of hydrogen-bond acceptors (Lipinski definition) is 3. The van der Waals surface area contributed by atoms with Gasteiger partial charge in [-0.2, -0.15) is 0 Å². The highest BCUT2D eigenvalue weighted by Crippen LogP contribution is 2.25. The van der Waals surface area contributed by atoms with E-state index in [0.29, 0.717) is 12.2 Å². The molecule has 0 spiro atoms. The molecule has 2 heterocycles. The molecule has 3 aromatic rings. The fraction of sp³-hybridized carbons (Fsp3) is 0.300. The quantitative estimate of drug-likeness (QED) is 0.737. The number of anilines is 1. The molecule has 1 atom stereocenters. The lowest BCUT2D eigenvalue weighted by molar-refractivity contribution is -0.138. The second kappa shape index (κ2) is 6.59. The minimum Gasteiger partial charge on any atom is -0.481 e. The SMILES string of the molecule is Cc1cccc(C)c1CNc1cccn2c(C)c(C(C)C(=O)O)nc12. The van der Waals surface area contributed by atoms with Crippen molar-refractivity contribution >= 4 is 17.3 Å². The van der Waals surface area contributed by atoms with Gasteiger partial charge >= 0.3 is 5.97 Å². The van der Waals surface area contributed by atoms with Gasteiger partial charge in [-0.25, -0.2) is 4.98 Å². The molecule has 3 rings (SSSR count). The first kappa shape index (κ1) is 17.0. The third-order valence-electron chi connectivity index (χ3n) is 4.81. The van der Waals surface area contributed by atoms with Gasteiger partial charge in [0, 0.05) is 18.4 Å². The molecule has 0 aliphatic heterocycles. The van der Waals surface area contributed by atoms with Crippen molar-refractivity contribution in [2.45, 2.75) is 40.2 Å². The van der Waals surface area contributed by atoms with Gasteiger partial charge in [0.25, 0.3) is 0 Å². The van der Waals surface area contributed by atoms with Crippen LogP contribution in [-0.4, -0.2) is 20.5 Å². The van der Waals surface area contributed by atoms with Crippen LogP contribution in [0.15, 0.2) is 36.5 Å². The molecule has 0 saturated heterocycles. The summed E-state index contributed by atoms with van der Waals surface area (Å²) in [5, 5.41) is 12.8. The first-order valence-electron chi connectivity index (χ1n) is 8.39. The Hall–Kier alpha value is -2.82. The van der Waals surface area contributed by atoms with Crippen LogP contribution in [0.3, 0.4) is 0 Å². The molecule has 1 aromatic carbocycles. The zero-order valence-electron chi connectivity index (χ0n) is 15.0. The third-order valence-corrected chi connectivity index (χ3v) is 4.81.